The molecule has 1 atom stereocenters. The maximum Gasteiger partial charge on any atom is 0.419 e. The molecule has 1 aliphatic carbocycles. The van der Waals surface area contributed by atoms with Gasteiger partial charge in [0.15, 0.2) is 11.6 Å². The van der Waals surface area contributed by atoms with Crippen molar-refractivity contribution in [3.8, 4) is 11.8 Å². The summed E-state index contributed by atoms with van der Waals surface area (Å²) in [5, 5.41) is 9.42. The molecule has 0 amide bonds. The van der Waals surface area contributed by atoms with Crippen molar-refractivity contribution in [2.24, 2.45) is 0 Å². The fraction of sp³-hybridized carbons (Fsp3) is 0.385. The molecule has 9 heteroatoms. The minimum atomic E-state index is -4.76. The van der Waals surface area contributed by atoms with Crippen LogP contribution < -0.4 is 4.74 Å². The average Bonchev–Trinajstić information content (AvgIpc) is 3.35. The van der Waals surface area contributed by atoms with Crippen molar-refractivity contribution < 1.29 is 32.2 Å². The van der Waals surface area contributed by atoms with Gasteiger partial charge in [0.05, 0.1) is 34.9 Å². The number of ketones is 1. The van der Waals surface area contributed by atoms with Crippen LogP contribution in [0.25, 0.3) is 10.9 Å². The van der Waals surface area contributed by atoms with E-state index in [1.54, 1.807) is 24.3 Å². The molecule has 6 nitrogen and oxygen atoms in total. The highest BCUT2D eigenvalue weighted by Gasteiger charge is 2.43. The lowest BCUT2D eigenvalue weighted by Crippen LogP contribution is -2.30. The smallest absolute Gasteiger partial charge is 0.419 e. The predicted molar refractivity (Wildman–Crippen MR) is 120 cm³/mol. The summed E-state index contributed by atoms with van der Waals surface area (Å²) in [7, 11) is 0. The number of benzene rings is 2. The van der Waals surface area contributed by atoms with Gasteiger partial charge in [-0.3, -0.25) is 4.79 Å². The summed E-state index contributed by atoms with van der Waals surface area (Å²) in [6.45, 7) is 7.96. The van der Waals surface area contributed by atoms with Gasteiger partial charge in [-0.25, -0.2) is 0 Å². The zero-order chi connectivity index (χ0) is 25.3. The molecule has 3 aromatic rings. The predicted octanol–water partition coefficient (Wildman–Crippen LogP) is 5.46. The van der Waals surface area contributed by atoms with E-state index in [0.29, 0.717) is 29.2 Å². The number of hydrogen-bond acceptors (Lipinski definition) is 5. The van der Waals surface area contributed by atoms with Gasteiger partial charge in [0, 0.05) is 22.1 Å². The Morgan fingerprint density at radius 1 is 1.20 bits per heavy atom. The molecular formula is C26H23F3N2O4. The van der Waals surface area contributed by atoms with Crippen LogP contribution in [0.15, 0.2) is 30.3 Å². The lowest BCUT2D eigenvalue weighted by atomic mass is 9.71. The van der Waals surface area contributed by atoms with Crippen LogP contribution >= 0.6 is 0 Å². The van der Waals surface area contributed by atoms with Crippen LogP contribution in [0.4, 0.5) is 13.2 Å². The number of halogens is 3. The molecule has 0 radical (unpaired) electrons. The van der Waals surface area contributed by atoms with Crippen molar-refractivity contribution in [3.63, 3.8) is 0 Å². The number of fused-ring (bicyclic) bond motifs is 4. The molecule has 5 rings (SSSR count). The molecule has 1 aliphatic heterocycles. The second kappa shape index (κ2) is 7.57. The quantitative estimate of drug-likeness (QED) is 0.534. The number of H-pyrrole nitrogens is 1. The molecule has 182 valence electrons. The third-order valence-corrected chi connectivity index (χ3v) is 6.64. The summed E-state index contributed by atoms with van der Waals surface area (Å²) >= 11 is 0. The fourth-order valence-electron chi connectivity index (χ4n) is 4.99. The van der Waals surface area contributed by atoms with Crippen LogP contribution in [0.2, 0.25) is 0 Å². The second-order valence-corrected chi connectivity index (χ2v) is 9.82. The first-order valence-electron chi connectivity index (χ1n) is 11.1. The molecule has 1 aromatic heterocycles. The lowest BCUT2D eigenvalue weighted by molar-refractivity contribution is -0.141. The Morgan fingerprint density at radius 2 is 1.94 bits per heavy atom. The van der Waals surface area contributed by atoms with Gasteiger partial charge in [-0.2, -0.15) is 18.4 Å². The molecule has 2 aromatic carbocycles. The summed E-state index contributed by atoms with van der Waals surface area (Å²) in [5.41, 5.74) is -1.05. The first kappa shape index (κ1) is 23.4. The molecule has 1 N–H and O–H groups in total. The summed E-state index contributed by atoms with van der Waals surface area (Å²) in [5.74, 6) is -0.537. The molecule has 1 saturated heterocycles. The maximum atomic E-state index is 13.9. The molecule has 1 fully saturated rings. The standard InChI is InChI=1S/C26H23F3N2O4/c1-24(2)18-9-14(33-11-15-12-34-25(3,4)35-15)6-8-16(18)22(32)19-17-7-5-13(10-30)20(26(27,28)29)21(17)31-23(19)24/h5-9,15,31H,11-12H2,1-4H3/t15-/m1/s1. The number of ether oxygens (including phenoxy) is 3. The number of rotatable bonds is 3. The van der Waals surface area contributed by atoms with Crippen LogP contribution in [0.3, 0.4) is 0 Å². The maximum absolute atomic E-state index is 13.9. The molecule has 2 heterocycles. The van der Waals surface area contributed by atoms with Crippen molar-refractivity contribution in [2.45, 2.75) is 51.2 Å². The van der Waals surface area contributed by atoms with Gasteiger partial charge >= 0.3 is 6.18 Å². The van der Waals surface area contributed by atoms with Crippen molar-refractivity contribution in [1.29, 1.82) is 5.26 Å². The second-order valence-electron chi connectivity index (χ2n) is 9.82. The van der Waals surface area contributed by atoms with Crippen LogP contribution in [-0.2, 0) is 21.1 Å². The molecular weight excluding hydrogens is 461 g/mol. The molecule has 35 heavy (non-hydrogen) atoms. The molecule has 0 unspecified atom stereocenters. The summed E-state index contributed by atoms with van der Waals surface area (Å²) in [6, 6.07) is 9.18. The van der Waals surface area contributed by atoms with Crippen LogP contribution in [0.1, 0.15) is 66.0 Å². The van der Waals surface area contributed by atoms with Crippen LogP contribution in [0.5, 0.6) is 5.75 Å². The number of nitrogens with one attached hydrogen (secondary N) is 1. The highest BCUT2D eigenvalue weighted by molar-refractivity contribution is 6.20. The van der Waals surface area contributed by atoms with E-state index in [-0.39, 0.29) is 35.0 Å². The van der Waals surface area contributed by atoms with E-state index < -0.39 is 28.5 Å². The zero-order valence-corrected chi connectivity index (χ0v) is 19.6. The first-order chi connectivity index (χ1) is 16.3. The van der Waals surface area contributed by atoms with Crippen molar-refractivity contribution in [1.82, 2.24) is 4.98 Å². The number of alkyl halides is 3. The Balaban J connectivity index is 1.57. The highest BCUT2D eigenvalue weighted by Crippen LogP contribution is 2.47. The minimum absolute atomic E-state index is 0.149. The number of aromatic nitrogens is 1. The van der Waals surface area contributed by atoms with Gasteiger partial charge in [-0.05, 0) is 43.7 Å². The molecule has 0 bridgehead atoms. The monoisotopic (exact) mass is 484 g/mol. The molecule has 2 aliphatic rings. The normalized spacial score (nSPS) is 20.4. The summed E-state index contributed by atoms with van der Waals surface area (Å²) in [4.78, 5) is 16.4. The van der Waals surface area contributed by atoms with Gasteiger partial charge in [0.25, 0.3) is 0 Å². The van der Waals surface area contributed by atoms with Gasteiger partial charge in [-0.1, -0.05) is 19.9 Å². The molecule has 0 spiro atoms. The van der Waals surface area contributed by atoms with E-state index in [0.717, 1.165) is 6.07 Å². The number of carbonyl (C=O) groups is 1. The zero-order valence-electron chi connectivity index (χ0n) is 19.6. The Kier molecular flexibility index (Phi) is 5.06. The number of nitriles is 1. The lowest BCUT2D eigenvalue weighted by Gasteiger charge is -2.32. The van der Waals surface area contributed by atoms with Gasteiger partial charge in [-0.15, -0.1) is 0 Å². The first-order valence-corrected chi connectivity index (χ1v) is 11.1. The summed E-state index contributed by atoms with van der Waals surface area (Å²) < 4.78 is 58.9. The van der Waals surface area contributed by atoms with Crippen molar-refractivity contribution >= 4 is 16.7 Å². The van der Waals surface area contributed by atoms with E-state index in [2.05, 4.69) is 4.98 Å². The Hall–Kier alpha value is -3.35. The SMILES string of the molecule is CC1(C)OC[C@@H](COc2ccc3c(c2)C(C)(C)c2[nH]c4c(C(F)(F)F)c(C#N)ccc4c2C3=O)O1. The van der Waals surface area contributed by atoms with E-state index in [1.807, 2.05) is 27.7 Å². The van der Waals surface area contributed by atoms with E-state index in [1.165, 1.54) is 6.07 Å². The minimum Gasteiger partial charge on any atom is -0.491 e. The van der Waals surface area contributed by atoms with E-state index >= 15 is 0 Å². The number of nitrogens with zero attached hydrogens (tertiary/aromatic N) is 1. The third kappa shape index (κ3) is 3.68. The molecule has 0 saturated carbocycles. The largest absolute Gasteiger partial charge is 0.491 e. The van der Waals surface area contributed by atoms with Crippen molar-refractivity contribution in [3.05, 3.63) is 63.8 Å². The van der Waals surface area contributed by atoms with Gasteiger partial charge in [0.2, 0.25) is 0 Å². The Labute approximate surface area is 199 Å². The van der Waals surface area contributed by atoms with Gasteiger partial charge in [0.1, 0.15) is 18.5 Å². The Bertz CT molecular complexity index is 1410. The fourth-order valence-corrected chi connectivity index (χ4v) is 4.99. The van der Waals surface area contributed by atoms with Gasteiger partial charge < -0.3 is 19.2 Å². The Morgan fingerprint density at radius 3 is 2.57 bits per heavy atom. The number of hydrogen-bond donors (Lipinski definition) is 1. The third-order valence-electron chi connectivity index (χ3n) is 6.64. The van der Waals surface area contributed by atoms with E-state index in [9.17, 15) is 23.2 Å². The van der Waals surface area contributed by atoms with Crippen molar-refractivity contribution in [2.75, 3.05) is 13.2 Å². The van der Waals surface area contributed by atoms with Crippen LogP contribution in [-0.4, -0.2) is 35.9 Å². The topological polar surface area (TPSA) is 84.3 Å². The van der Waals surface area contributed by atoms with E-state index in [4.69, 9.17) is 14.2 Å². The number of aromatic amines is 1. The summed E-state index contributed by atoms with van der Waals surface area (Å²) in [6.07, 6.45) is -5.01. The number of carbonyl (C=O) groups excluding carboxylic acids is 1. The van der Waals surface area contributed by atoms with Crippen LogP contribution in [0, 0.1) is 11.3 Å². The average molecular weight is 484 g/mol. The highest BCUT2D eigenvalue weighted by atomic mass is 19.4.